The van der Waals surface area contributed by atoms with Crippen LogP contribution in [0.5, 0.6) is 0 Å². The van der Waals surface area contributed by atoms with Crippen molar-refractivity contribution in [1.29, 1.82) is 0 Å². The van der Waals surface area contributed by atoms with Gasteiger partial charge < -0.3 is 8.23 Å². The summed E-state index contributed by atoms with van der Waals surface area (Å²) in [6.07, 6.45) is 2.66. The molecule has 0 radical (unpaired) electrons. The maximum Gasteiger partial charge on any atom is 0.317 e. The minimum atomic E-state index is -1.86. The summed E-state index contributed by atoms with van der Waals surface area (Å²) < 4.78 is 12.8. The van der Waals surface area contributed by atoms with Crippen molar-refractivity contribution in [1.82, 2.24) is 0 Å². The summed E-state index contributed by atoms with van der Waals surface area (Å²) in [7, 11) is -4.78. The fourth-order valence-electron chi connectivity index (χ4n) is 2.01. The minimum Gasteiger partial charge on any atom is -0.436 e. The van der Waals surface area contributed by atoms with E-state index in [0.717, 1.165) is 5.54 Å². The Morgan fingerprint density at radius 2 is 1.07 bits per heavy atom. The van der Waals surface area contributed by atoms with Crippen molar-refractivity contribution in [3.8, 4) is 0 Å². The zero-order chi connectivity index (χ0) is 11.9. The fraction of sp³-hybridized carbons (Fsp3) is 1.00. The van der Waals surface area contributed by atoms with Gasteiger partial charge in [0.2, 0.25) is 0 Å². The lowest BCUT2D eigenvalue weighted by Gasteiger charge is -2.38. The monoisotopic (exact) mass is 262 g/mol. The molecule has 0 amide bonds. The smallest absolute Gasteiger partial charge is 0.317 e. The van der Waals surface area contributed by atoms with Crippen LogP contribution in [0, 0.1) is 0 Å². The summed E-state index contributed by atoms with van der Waals surface area (Å²) in [5, 5.41) is 0. The SMILES string of the molecule is C[Si](C)(C)O[Si](C)(O[Si](C)(C)C)C1CC1. The molecule has 1 saturated carbocycles. The van der Waals surface area contributed by atoms with Crippen LogP contribution in [-0.2, 0) is 8.23 Å². The summed E-state index contributed by atoms with van der Waals surface area (Å²) in [5.41, 5.74) is 0.774. The molecule has 90 valence electrons. The van der Waals surface area contributed by atoms with Crippen molar-refractivity contribution < 1.29 is 8.23 Å². The van der Waals surface area contributed by atoms with Crippen molar-refractivity contribution in [2.75, 3.05) is 0 Å². The Hall–Kier alpha value is 0.571. The average molecular weight is 263 g/mol. The summed E-state index contributed by atoms with van der Waals surface area (Å²) >= 11 is 0. The first-order valence-corrected chi connectivity index (χ1v) is 15.1. The molecule has 0 atom stereocenters. The highest BCUT2D eigenvalue weighted by Crippen LogP contribution is 2.48. The van der Waals surface area contributed by atoms with Gasteiger partial charge in [-0.3, -0.25) is 0 Å². The van der Waals surface area contributed by atoms with Gasteiger partial charge >= 0.3 is 8.56 Å². The molecule has 1 fully saturated rings. The van der Waals surface area contributed by atoms with Crippen molar-refractivity contribution in [2.24, 2.45) is 0 Å². The van der Waals surface area contributed by atoms with E-state index in [1.807, 2.05) is 0 Å². The van der Waals surface area contributed by atoms with E-state index >= 15 is 0 Å². The van der Waals surface area contributed by atoms with Gasteiger partial charge in [-0.1, -0.05) is 0 Å². The van der Waals surface area contributed by atoms with Gasteiger partial charge in [0.05, 0.1) is 0 Å². The lowest BCUT2D eigenvalue weighted by molar-refractivity contribution is 0.381. The van der Waals surface area contributed by atoms with Crippen LogP contribution in [0.15, 0.2) is 0 Å². The molecule has 0 aliphatic heterocycles. The minimum absolute atomic E-state index is 0.774. The molecule has 0 spiro atoms. The maximum atomic E-state index is 6.42. The first-order valence-electron chi connectivity index (χ1n) is 5.92. The molecule has 0 saturated heterocycles. The maximum absolute atomic E-state index is 6.42. The summed E-state index contributed by atoms with van der Waals surface area (Å²) in [5.74, 6) is 0. The molecule has 0 N–H and O–H groups in total. The van der Waals surface area contributed by atoms with Crippen LogP contribution in [0.1, 0.15) is 12.8 Å². The van der Waals surface area contributed by atoms with Gasteiger partial charge in [0.25, 0.3) is 0 Å². The van der Waals surface area contributed by atoms with Crippen LogP contribution >= 0.6 is 0 Å². The second-order valence-electron chi connectivity index (χ2n) is 6.72. The first kappa shape index (κ1) is 13.6. The van der Waals surface area contributed by atoms with E-state index in [-0.39, 0.29) is 0 Å². The molecule has 2 nitrogen and oxygen atoms in total. The van der Waals surface area contributed by atoms with Crippen LogP contribution < -0.4 is 0 Å². The lowest BCUT2D eigenvalue weighted by Crippen LogP contribution is -2.53. The third-order valence-electron chi connectivity index (χ3n) is 2.34. The predicted molar refractivity (Wildman–Crippen MR) is 73.5 cm³/mol. The van der Waals surface area contributed by atoms with E-state index in [0.29, 0.717) is 0 Å². The lowest BCUT2D eigenvalue weighted by atomic mass is 11.0. The van der Waals surface area contributed by atoms with Crippen molar-refractivity contribution >= 4 is 25.2 Å². The van der Waals surface area contributed by atoms with Crippen LogP contribution in [0.3, 0.4) is 0 Å². The Labute approximate surface area is 97.9 Å². The number of rotatable bonds is 5. The van der Waals surface area contributed by atoms with E-state index in [9.17, 15) is 0 Å². The molecule has 1 aliphatic carbocycles. The Balaban J connectivity index is 2.70. The summed E-state index contributed by atoms with van der Waals surface area (Å²) in [6, 6.07) is 0. The van der Waals surface area contributed by atoms with Gasteiger partial charge in [-0.05, 0) is 58.7 Å². The van der Waals surface area contributed by atoms with Gasteiger partial charge in [-0.15, -0.1) is 0 Å². The van der Waals surface area contributed by atoms with E-state index < -0.39 is 25.2 Å². The topological polar surface area (TPSA) is 18.5 Å². The van der Waals surface area contributed by atoms with Gasteiger partial charge in [-0.2, -0.15) is 0 Å². The first-order chi connectivity index (χ1) is 6.52. The Bertz CT molecular complexity index is 210. The molecule has 0 bridgehead atoms. The second-order valence-corrected chi connectivity index (χ2v) is 19.6. The average Bonchev–Trinajstić information content (AvgIpc) is 2.53. The number of hydrogen-bond acceptors (Lipinski definition) is 2. The Morgan fingerprint density at radius 3 is 1.27 bits per heavy atom. The van der Waals surface area contributed by atoms with E-state index in [2.05, 4.69) is 45.8 Å². The van der Waals surface area contributed by atoms with E-state index in [1.54, 1.807) is 0 Å². The standard InChI is InChI=1S/C10H26O2Si3/c1-13(2,3)11-15(7,10-8-9-10)12-14(4,5)6/h10H,8-9H2,1-7H3. The molecule has 0 aromatic rings. The predicted octanol–water partition coefficient (Wildman–Crippen LogP) is 3.93. The van der Waals surface area contributed by atoms with Gasteiger partial charge in [0, 0.05) is 5.54 Å². The van der Waals surface area contributed by atoms with Gasteiger partial charge in [-0.25, -0.2) is 0 Å². The quantitative estimate of drug-likeness (QED) is 0.699. The van der Waals surface area contributed by atoms with Gasteiger partial charge in [0.1, 0.15) is 0 Å². The zero-order valence-electron chi connectivity index (χ0n) is 11.3. The highest BCUT2D eigenvalue weighted by Gasteiger charge is 2.51. The van der Waals surface area contributed by atoms with Crippen molar-refractivity contribution in [3.05, 3.63) is 0 Å². The third kappa shape index (κ3) is 4.95. The Kier molecular flexibility index (Phi) is 3.73. The molecule has 15 heavy (non-hydrogen) atoms. The number of hydrogen-bond donors (Lipinski definition) is 0. The molecule has 0 aromatic heterocycles. The van der Waals surface area contributed by atoms with Crippen LogP contribution in [0.4, 0.5) is 0 Å². The van der Waals surface area contributed by atoms with E-state index in [4.69, 9.17) is 8.23 Å². The molecule has 0 heterocycles. The molecule has 0 unspecified atom stereocenters. The van der Waals surface area contributed by atoms with Crippen LogP contribution in [0.2, 0.25) is 51.4 Å². The summed E-state index contributed by atoms with van der Waals surface area (Å²) in [4.78, 5) is 0. The van der Waals surface area contributed by atoms with E-state index in [1.165, 1.54) is 12.8 Å². The third-order valence-corrected chi connectivity index (χ3v) is 12.5. The zero-order valence-corrected chi connectivity index (χ0v) is 14.3. The van der Waals surface area contributed by atoms with Gasteiger partial charge in [0.15, 0.2) is 16.6 Å². The summed E-state index contributed by atoms with van der Waals surface area (Å²) in [6.45, 7) is 15.9. The molecular weight excluding hydrogens is 236 g/mol. The Morgan fingerprint density at radius 1 is 0.733 bits per heavy atom. The largest absolute Gasteiger partial charge is 0.436 e. The van der Waals surface area contributed by atoms with Crippen molar-refractivity contribution in [3.63, 3.8) is 0 Å². The molecule has 5 heteroatoms. The molecule has 1 aliphatic rings. The second kappa shape index (κ2) is 4.10. The molecular formula is C10H26O2Si3. The van der Waals surface area contributed by atoms with Crippen LogP contribution in [-0.4, -0.2) is 25.2 Å². The highest BCUT2D eigenvalue weighted by molar-refractivity contribution is 6.88. The molecule has 1 rings (SSSR count). The van der Waals surface area contributed by atoms with Crippen LogP contribution in [0.25, 0.3) is 0 Å². The normalized spacial score (nSPS) is 19.4. The fourth-order valence-corrected chi connectivity index (χ4v) is 14.8. The highest BCUT2D eigenvalue weighted by atomic mass is 28.5. The van der Waals surface area contributed by atoms with Crippen molar-refractivity contribution in [2.45, 2.75) is 64.2 Å². The molecule has 0 aromatic carbocycles.